The summed E-state index contributed by atoms with van der Waals surface area (Å²) in [5, 5.41) is 10.8. The summed E-state index contributed by atoms with van der Waals surface area (Å²) in [5.74, 6) is 0.507. The maximum absolute atomic E-state index is 12.0. The van der Waals surface area contributed by atoms with Crippen LogP contribution in [0.15, 0.2) is 41.8 Å². The van der Waals surface area contributed by atoms with Gasteiger partial charge in [0.15, 0.2) is 5.16 Å². The predicted octanol–water partition coefficient (Wildman–Crippen LogP) is 2.85. The number of imidazole rings is 1. The van der Waals surface area contributed by atoms with E-state index in [1.54, 1.807) is 18.3 Å². The third kappa shape index (κ3) is 3.94. The highest BCUT2D eigenvalue weighted by atomic mass is 32.2. The number of nitrogens with zero attached hydrogens (tertiary/aromatic N) is 2. The van der Waals surface area contributed by atoms with Crippen molar-refractivity contribution in [2.45, 2.75) is 17.9 Å². The Morgan fingerprint density at radius 3 is 2.60 bits per heavy atom. The summed E-state index contributed by atoms with van der Waals surface area (Å²) >= 11 is 1.42. The average Bonchev–Trinajstić information content (AvgIpc) is 2.82. The van der Waals surface area contributed by atoms with Crippen LogP contribution in [0.25, 0.3) is 0 Å². The summed E-state index contributed by atoms with van der Waals surface area (Å²) in [5.41, 5.74) is 0.647. The molecule has 2 rings (SSSR count). The predicted molar refractivity (Wildman–Crippen MR) is 72.0 cm³/mol. The lowest BCUT2D eigenvalue weighted by molar-refractivity contribution is -0.0498. The minimum atomic E-state index is -2.84. The van der Waals surface area contributed by atoms with Crippen LogP contribution in [-0.4, -0.2) is 27.0 Å². The van der Waals surface area contributed by atoms with Crippen LogP contribution in [0.4, 0.5) is 8.78 Å². The van der Waals surface area contributed by atoms with Gasteiger partial charge >= 0.3 is 6.61 Å². The van der Waals surface area contributed by atoms with Crippen molar-refractivity contribution < 1.29 is 18.6 Å². The number of aliphatic hydroxyl groups excluding tert-OH is 1. The molecule has 1 heterocycles. The second kappa shape index (κ2) is 6.71. The van der Waals surface area contributed by atoms with Gasteiger partial charge in [0.2, 0.25) is 0 Å². The first-order valence-corrected chi connectivity index (χ1v) is 6.88. The van der Waals surface area contributed by atoms with Gasteiger partial charge in [0.25, 0.3) is 0 Å². The Kier molecular flexibility index (Phi) is 4.97. The van der Waals surface area contributed by atoms with Gasteiger partial charge in [0.05, 0.1) is 6.10 Å². The molecule has 20 heavy (non-hydrogen) atoms. The van der Waals surface area contributed by atoms with E-state index in [4.69, 9.17) is 0 Å². The number of hydrogen-bond acceptors (Lipinski definition) is 4. The van der Waals surface area contributed by atoms with Gasteiger partial charge in [-0.3, -0.25) is 0 Å². The number of thioether (sulfide) groups is 1. The van der Waals surface area contributed by atoms with Crippen molar-refractivity contribution >= 4 is 11.8 Å². The molecule has 7 heteroatoms. The summed E-state index contributed by atoms with van der Waals surface area (Å²) in [4.78, 5) is 4.14. The zero-order chi connectivity index (χ0) is 14.5. The molecule has 0 spiro atoms. The van der Waals surface area contributed by atoms with Crippen LogP contribution in [0.1, 0.15) is 11.7 Å². The standard InChI is InChI=1S/C13H14F2N2O2S/c1-17-7-6-16-13(17)20-8-11(18)9-2-4-10(5-3-9)19-12(14)15/h2-7,11-12,18H,8H2,1H3. The van der Waals surface area contributed by atoms with E-state index in [1.165, 1.54) is 23.9 Å². The second-order valence-corrected chi connectivity index (χ2v) is 5.08. The summed E-state index contributed by atoms with van der Waals surface area (Å²) in [6.07, 6.45) is 2.81. The Morgan fingerprint density at radius 2 is 2.05 bits per heavy atom. The molecule has 108 valence electrons. The fourth-order valence-electron chi connectivity index (χ4n) is 1.61. The molecule has 1 aromatic heterocycles. The Hall–Kier alpha value is -1.60. The van der Waals surface area contributed by atoms with E-state index >= 15 is 0 Å². The molecular formula is C13H14F2N2O2S. The Morgan fingerprint density at radius 1 is 1.35 bits per heavy atom. The van der Waals surface area contributed by atoms with Crippen LogP contribution in [0.2, 0.25) is 0 Å². The van der Waals surface area contributed by atoms with E-state index in [1.807, 2.05) is 17.8 Å². The number of aryl methyl sites for hydroxylation is 1. The smallest absolute Gasteiger partial charge is 0.387 e. The first-order chi connectivity index (χ1) is 9.56. The molecule has 0 amide bonds. The minimum absolute atomic E-state index is 0.0766. The monoisotopic (exact) mass is 300 g/mol. The average molecular weight is 300 g/mol. The zero-order valence-electron chi connectivity index (χ0n) is 10.7. The van der Waals surface area contributed by atoms with Crippen molar-refractivity contribution in [3.8, 4) is 5.75 Å². The number of aromatic nitrogens is 2. The van der Waals surface area contributed by atoms with Crippen LogP contribution >= 0.6 is 11.8 Å². The molecule has 1 N–H and O–H groups in total. The quantitative estimate of drug-likeness (QED) is 0.833. The molecule has 0 saturated carbocycles. The van der Waals surface area contributed by atoms with Crippen LogP contribution in [0.5, 0.6) is 5.75 Å². The Balaban J connectivity index is 1.92. The molecule has 0 radical (unpaired) electrons. The van der Waals surface area contributed by atoms with Crippen molar-refractivity contribution in [1.29, 1.82) is 0 Å². The lowest BCUT2D eigenvalue weighted by Gasteiger charge is -2.11. The van der Waals surface area contributed by atoms with Gasteiger partial charge in [-0.2, -0.15) is 8.78 Å². The van der Waals surface area contributed by atoms with E-state index in [-0.39, 0.29) is 5.75 Å². The first-order valence-electron chi connectivity index (χ1n) is 5.89. The number of aliphatic hydroxyl groups is 1. The van der Waals surface area contributed by atoms with Gasteiger partial charge in [-0.15, -0.1) is 0 Å². The number of rotatable bonds is 6. The Bertz CT molecular complexity index is 546. The maximum atomic E-state index is 12.0. The highest BCUT2D eigenvalue weighted by molar-refractivity contribution is 7.99. The van der Waals surface area contributed by atoms with Crippen LogP contribution < -0.4 is 4.74 Å². The molecule has 0 bridgehead atoms. The fourth-order valence-corrected chi connectivity index (χ4v) is 2.51. The highest BCUT2D eigenvalue weighted by Gasteiger charge is 2.11. The lowest BCUT2D eigenvalue weighted by Crippen LogP contribution is -2.04. The summed E-state index contributed by atoms with van der Waals surface area (Å²) in [6, 6.07) is 5.97. The molecule has 0 aliphatic rings. The van der Waals surface area contributed by atoms with Crippen LogP contribution in [0.3, 0.4) is 0 Å². The first kappa shape index (κ1) is 14.8. The van der Waals surface area contributed by atoms with Crippen molar-refractivity contribution in [2.24, 2.45) is 7.05 Å². The molecule has 1 aromatic carbocycles. The van der Waals surface area contributed by atoms with Crippen LogP contribution in [0, 0.1) is 0 Å². The maximum Gasteiger partial charge on any atom is 0.387 e. The van der Waals surface area contributed by atoms with E-state index in [2.05, 4.69) is 9.72 Å². The number of benzene rings is 1. The third-order valence-electron chi connectivity index (χ3n) is 2.64. The van der Waals surface area contributed by atoms with Crippen molar-refractivity contribution in [3.63, 3.8) is 0 Å². The van der Waals surface area contributed by atoms with Gasteiger partial charge < -0.3 is 14.4 Å². The topological polar surface area (TPSA) is 47.3 Å². The van der Waals surface area contributed by atoms with Gasteiger partial charge in [-0.1, -0.05) is 23.9 Å². The molecule has 0 fully saturated rings. The summed E-state index contributed by atoms with van der Waals surface area (Å²) in [7, 11) is 1.87. The second-order valence-electron chi connectivity index (χ2n) is 4.10. The van der Waals surface area contributed by atoms with E-state index in [0.29, 0.717) is 11.3 Å². The number of hydrogen-bond donors (Lipinski definition) is 1. The van der Waals surface area contributed by atoms with Gasteiger partial charge in [0, 0.05) is 25.2 Å². The largest absolute Gasteiger partial charge is 0.435 e. The Labute approximate surface area is 119 Å². The molecule has 1 unspecified atom stereocenters. The van der Waals surface area contributed by atoms with Gasteiger partial charge in [0.1, 0.15) is 5.75 Å². The van der Waals surface area contributed by atoms with Crippen LogP contribution in [-0.2, 0) is 7.05 Å². The summed E-state index contributed by atoms with van der Waals surface area (Å²) in [6.45, 7) is -2.84. The van der Waals surface area contributed by atoms with E-state index in [9.17, 15) is 13.9 Å². The molecule has 0 aliphatic heterocycles. The zero-order valence-corrected chi connectivity index (χ0v) is 11.6. The lowest BCUT2D eigenvalue weighted by atomic mass is 10.1. The van der Waals surface area contributed by atoms with E-state index < -0.39 is 12.7 Å². The minimum Gasteiger partial charge on any atom is -0.435 e. The molecule has 2 aromatic rings. The number of halogens is 2. The molecular weight excluding hydrogens is 286 g/mol. The SMILES string of the molecule is Cn1ccnc1SCC(O)c1ccc(OC(F)F)cc1. The number of alkyl halides is 2. The van der Waals surface area contributed by atoms with Crippen molar-refractivity contribution in [2.75, 3.05) is 5.75 Å². The van der Waals surface area contributed by atoms with Crippen molar-refractivity contribution in [3.05, 3.63) is 42.2 Å². The normalized spacial score (nSPS) is 12.7. The molecule has 4 nitrogen and oxygen atoms in total. The van der Waals surface area contributed by atoms with Crippen molar-refractivity contribution in [1.82, 2.24) is 9.55 Å². The molecule has 0 aliphatic carbocycles. The summed E-state index contributed by atoms with van der Waals surface area (Å²) < 4.78 is 30.1. The molecule has 0 saturated heterocycles. The third-order valence-corrected chi connectivity index (χ3v) is 3.77. The van der Waals surface area contributed by atoms with Gasteiger partial charge in [-0.25, -0.2) is 4.98 Å². The van der Waals surface area contributed by atoms with E-state index in [0.717, 1.165) is 5.16 Å². The number of ether oxygens (including phenoxy) is 1. The highest BCUT2D eigenvalue weighted by Crippen LogP contribution is 2.25. The van der Waals surface area contributed by atoms with Gasteiger partial charge in [-0.05, 0) is 17.7 Å². The molecule has 1 atom stereocenters. The fraction of sp³-hybridized carbons (Fsp3) is 0.308.